The zero-order valence-corrected chi connectivity index (χ0v) is 13.9. The molecule has 1 saturated heterocycles. The van der Waals surface area contributed by atoms with Crippen molar-refractivity contribution in [2.24, 2.45) is 0 Å². The monoisotopic (exact) mass is 387 g/mol. The first-order valence-corrected chi connectivity index (χ1v) is 7.77. The zero-order valence-electron chi connectivity index (χ0n) is 10.7. The molecule has 0 unspecified atom stereocenters. The molecule has 1 heterocycles. The van der Waals surface area contributed by atoms with Gasteiger partial charge in [0.2, 0.25) is 0 Å². The Morgan fingerprint density at radius 3 is 2.71 bits per heavy atom. The first-order valence-electron chi connectivity index (χ1n) is 5.75. The van der Waals surface area contributed by atoms with E-state index in [-0.39, 0.29) is 16.4 Å². The summed E-state index contributed by atoms with van der Waals surface area (Å²) in [6.07, 6.45) is 1.34. The van der Waals surface area contributed by atoms with E-state index in [0.717, 1.165) is 17.8 Å². The Bertz CT molecular complexity index is 690. The number of halogens is 1. The summed E-state index contributed by atoms with van der Waals surface area (Å²) >= 11 is 9.26. The number of hydrogen-bond donors (Lipinski definition) is 0. The maximum absolute atomic E-state index is 12.1. The lowest BCUT2D eigenvalue weighted by molar-refractivity contribution is -0.398. The molecule has 1 aromatic rings. The van der Waals surface area contributed by atoms with Crippen LogP contribution in [0.2, 0.25) is 0 Å². The van der Waals surface area contributed by atoms with E-state index in [1.807, 2.05) is 0 Å². The van der Waals surface area contributed by atoms with Crippen LogP contribution in [0.3, 0.4) is 0 Å². The molecule has 1 fully saturated rings. The Kier molecular flexibility index (Phi) is 4.64. The predicted octanol–water partition coefficient (Wildman–Crippen LogP) is 2.65. The van der Waals surface area contributed by atoms with Gasteiger partial charge in [0.25, 0.3) is 11.6 Å². The summed E-state index contributed by atoms with van der Waals surface area (Å²) in [7, 11) is 0. The number of nitro benzene ring substituents is 1. The number of likely N-dealkylation sites (N-methyl/N-ethyl adjacent to an activating group) is 1. The van der Waals surface area contributed by atoms with Crippen LogP contribution in [-0.2, 0) is 4.79 Å². The van der Waals surface area contributed by atoms with Crippen LogP contribution >= 0.6 is 39.9 Å². The van der Waals surface area contributed by atoms with Crippen LogP contribution in [0.1, 0.15) is 12.5 Å². The topological polar surface area (TPSA) is 86.5 Å². The molecule has 0 aliphatic carbocycles. The Hall–Kier alpha value is -1.45. The van der Waals surface area contributed by atoms with Crippen LogP contribution in [0.15, 0.2) is 21.5 Å². The molecular weight excluding hydrogens is 380 g/mol. The first kappa shape index (κ1) is 15.9. The fourth-order valence-electron chi connectivity index (χ4n) is 1.76. The number of carbonyl (C=O) groups is 1. The molecule has 0 aromatic heterocycles. The fourth-order valence-corrected chi connectivity index (χ4v) is 3.60. The molecule has 0 radical (unpaired) electrons. The summed E-state index contributed by atoms with van der Waals surface area (Å²) in [6, 6.07) is 2.57. The third-order valence-corrected chi connectivity index (χ3v) is 4.57. The van der Waals surface area contributed by atoms with Gasteiger partial charge in [0, 0.05) is 17.1 Å². The molecule has 0 atom stereocenters. The third kappa shape index (κ3) is 3.09. The molecule has 1 aromatic carbocycles. The highest BCUT2D eigenvalue weighted by molar-refractivity contribution is 9.10. The van der Waals surface area contributed by atoms with Crippen molar-refractivity contribution < 1.29 is 14.8 Å². The van der Waals surface area contributed by atoms with E-state index < -0.39 is 16.4 Å². The number of rotatable bonds is 3. The zero-order chi connectivity index (χ0) is 15.7. The van der Waals surface area contributed by atoms with Crippen molar-refractivity contribution in [3.05, 3.63) is 37.2 Å². The predicted molar refractivity (Wildman–Crippen MR) is 85.8 cm³/mol. The molecule has 110 valence electrons. The largest absolute Gasteiger partial charge is 0.867 e. The van der Waals surface area contributed by atoms with Gasteiger partial charge >= 0.3 is 0 Å². The van der Waals surface area contributed by atoms with Crippen molar-refractivity contribution in [1.82, 2.24) is 4.90 Å². The van der Waals surface area contributed by atoms with Gasteiger partial charge in [-0.15, -0.1) is 0 Å². The van der Waals surface area contributed by atoms with Crippen LogP contribution < -0.4 is 5.11 Å². The molecule has 1 aliphatic heterocycles. The second-order valence-electron chi connectivity index (χ2n) is 4.03. The molecule has 21 heavy (non-hydrogen) atoms. The number of carbonyl (C=O) groups excluding carboxylic acids is 1. The van der Waals surface area contributed by atoms with E-state index in [4.69, 9.17) is 12.2 Å². The van der Waals surface area contributed by atoms with Gasteiger partial charge in [-0.25, -0.2) is 0 Å². The molecule has 0 N–H and O–H groups in total. The normalized spacial score (nSPS) is 16.9. The Labute approximate surface area is 138 Å². The minimum atomic E-state index is -0.748. The Morgan fingerprint density at radius 1 is 1.52 bits per heavy atom. The summed E-state index contributed by atoms with van der Waals surface area (Å²) in [5.74, 6) is -1.03. The highest BCUT2D eigenvalue weighted by atomic mass is 79.9. The van der Waals surface area contributed by atoms with Crippen molar-refractivity contribution in [3.8, 4) is 5.75 Å². The van der Waals surface area contributed by atoms with Crippen molar-refractivity contribution >= 4 is 61.9 Å². The highest BCUT2D eigenvalue weighted by Gasteiger charge is 2.30. The van der Waals surface area contributed by atoms with Crippen LogP contribution in [0.5, 0.6) is 5.75 Å². The van der Waals surface area contributed by atoms with Crippen molar-refractivity contribution in [2.45, 2.75) is 6.92 Å². The molecular formula is C12H8BrN2O4S2-. The van der Waals surface area contributed by atoms with Crippen LogP contribution in [-0.4, -0.2) is 26.6 Å². The number of nitro groups is 1. The summed E-state index contributed by atoms with van der Waals surface area (Å²) in [5.41, 5.74) is -0.464. The van der Waals surface area contributed by atoms with Gasteiger partial charge in [-0.2, -0.15) is 0 Å². The molecule has 0 spiro atoms. The highest BCUT2D eigenvalue weighted by Crippen LogP contribution is 2.37. The van der Waals surface area contributed by atoms with E-state index >= 15 is 0 Å². The maximum Gasteiger partial charge on any atom is 0.266 e. The van der Waals surface area contributed by atoms with Gasteiger partial charge in [-0.1, -0.05) is 39.9 Å². The van der Waals surface area contributed by atoms with E-state index in [2.05, 4.69) is 15.9 Å². The molecule has 1 aliphatic rings. The summed E-state index contributed by atoms with van der Waals surface area (Å²) in [4.78, 5) is 23.8. The van der Waals surface area contributed by atoms with Crippen LogP contribution in [0.4, 0.5) is 5.69 Å². The molecule has 0 saturated carbocycles. The van der Waals surface area contributed by atoms with Crippen molar-refractivity contribution in [3.63, 3.8) is 0 Å². The van der Waals surface area contributed by atoms with E-state index in [9.17, 15) is 20.0 Å². The second kappa shape index (κ2) is 6.12. The van der Waals surface area contributed by atoms with Crippen molar-refractivity contribution in [1.29, 1.82) is 0 Å². The lowest BCUT2D eigenvalue weighted by Gasteiger charge is -2.12. The second-order valence-corrected chi connectivity index (χ2v) is 6.62. The fraction of sp³-hybridized carbons (Fsp3) is 0.167. The number of thiocarbonyl (C=S) groups is 1. The average Bonchev–Trinajstić information content (AvgIpc) is 2.67. The number of benzene rings is 1. The molecule has 6 nitrogen and oxygen atoms in total. The van der Waals surface area contributed by atoms with Crippen LogP contribution in [0, 0.1) is 10.1 Å². The summed E-state index contributed by atoms with van der Waals surface area (Å²) in [5, 5.41) is 22.9. The minimum absolute atomic E-state index is 0.0766. The van der Waals surface area contributed by atoms with Gasteiger partial charge in [0.15, 0.2) is 0 Å². The van der Waals surface area contributed by atoms with Gasteiger partial charge in [-0.05, 0) is 30.4 Å². The first-order chi connectivity index (χ1) is 9.85. The van der Waals surface area contributed by atoms with Gasteiger partial charge in [-0.3, -0.25) is 19.8 Å². The Morgan fingerprint density at radius 2 is 2.19 bits per heavy atom. The lowest BCUT2D eigenvalue weighted by Crippen LogP contribution is -2.27. The van der Waals surface area contributed by atoms with Crippen molar-refractivity contribution in [2.75, 3.05) is 6.54 Å². The van der Waals surface area contributed by atoms with Gasteiger partial charge in [0.05, 0.1) is 9.83 Å². The summed E-state index contributed by atoms with van der Waals surface area (Å²) in [6.45, 7) is 2.22. The smallest absolute Gasteiger partial charge is 0.266 e. The number of amides is 1. The maximum atomic E-state index is 12.1. The molecule has 1 amide bonds. The minimum Gasteiger partial charge on any atom is -0.867 e. The SMILES string of the molecule is CCN1C(=O)C(=Cc2cc(Br)cc([N+](=O)[O-])c2[O-])SC1=S. The van der Waals surface area contributed by atoms with E-state index in [1.165, 1.54) is 17.0 Å². The average molecular weight is 388 g/mol. The quantitative estimate of drug-likeness (QED) is 0.343. The molecule has 2 rings (SSSR count). The number of thioether (sulfide) groups is 1. The van der Waals surface area contributed by atoms with E-state index in [0.29, 0.717) is 15.3 Å². The third-order valence-electron chi connectivity index (χ3n) is 2.74. The number of nitrogens with zero attached hydrogens (tertiary/aromatic N) is 2. The number of hydrogen-bond acceptors (Lipinski definition) is 6. The molecule has 0 bridgehead atoms. The van der Waals surface area contributed by atoms with Crippen LogP contribution in [0.25, 0.3) is 6.08 Å². The van der Waals surface area contributed by atoms with E-state index in [1.54, 1.807) is 6.92 Å². The molecule has 9 heteroatoms. The standard InChI is InChI=1S/C12H9BrN2O4S2/c1-2-14-11(17)9(21-12(14)20)4-6-3-7(13)5-8(10(6)16)15(18)19/h3-5,16H,2H2,1H3/p-1. The van der Waals surface area contributed by atoms with Gasteiger partial charge < -0.3 is 5.11 Å². The van der Waals surface area contributed by atoms with Gasteiger partial charge in [0.1, 0.15) is 4.32 Å². The Balaban J connectivity index is 2.49. The summed E-state index contributed by atoms with van der Waals surface area (Å²) < 4.78 is 0.803. The lowest BCUT2D eigenvalue weighted by atomic mass is 10.1.